The number of rotatable bonds is 4. The van der Waals surface area contributed by atoms with Gasteiger partial charge in [-0.05, 0) is 25.1 Å². The molecule has 2 aromatic rings. The summed E-state index contributed by atoms with van der Waals surface area (Å²) >= 11 is 0. The molecule has 3 N–H and O–H groups in total. The van der Waals surface area contributed by atoms with Crippen LogP contribution in [0.15, 0.2) is 35.5 Å². The maximum atomic E-state index is 11.6. The normalized spacial score (nSPS) is 10.9. The molecule has 0 radical (unpaired) electrons. The minimum absolute atomic E-state index is 0.0160. The molecule has 114 valence electrons. The molecular formula is C16H17N3O3. The summed E-state index contributed by atoms with van der Waals surface area (Å²) in [7, 11) is 1.56. The Morgan fingerprint density at radius 1 is 1.45 bits per heavy atom. The van der Waals surface area contributed by atoms with Gasteiger partial charge in [0.05, 0.1) is 18.0 Å². The van der Waals surface area contributed by atoms with Gasteiger partial charge in [-0.2, -0.15) is 0 Å². The van der Waals surface area contributed by atoms with Crippen LogP contribution in [0.25, 0.3) is 0 Å². The number of aromatic nitrogens is 1. The predicted octanol–water partition coefficient (Wildman–Crippen LogP) is 1.70. The third-order valence-electron chi connectivity index (χ3n) is 3.21. The van der Waals surface area contributed by atoms with E-state index in [4.69, 9.17) is 0 Å². The van der Waals surface area contributed by atoms with Gasteiger partial charge in [0.25, 0.3) is 5.91 Å². The van der Waals surface area contributed by atoms with Crippen molar-refractivity contribution < 1.29 is 15.0 Å². The van der Waals surface area contributed by atoms with Gasteiger partial charge in [0.1, 0.15) is 5.75 Å². The molecule has 1 aromatic carbocycles. The van der Waals surface area contributed by atoms with Crippen LogP contribution in [0.1, 0.15) is 27.2 Å². The number of aliphatic hydroxyl groups excluding tert-OH is 1. The van der Waals surface area contributed by atoms with Gasteiger partial charge in [-0.15, -0.1) is 0 Å². The van der Waals surface area contributed by atoms with Crippen molar-refractivity contribution in [3.05, 3.63) is 52.8 Å². The lowest BCUT2D eigenvalue weighted by Crippen LogP contribution is -2.17. The highest BCUT2D eigenvalue weighted by atomic mass is 16.3. The fourth-order valence-electron chi connectivity index (χ4n) is 1.93. The summed E-state index contributed by atoms with van der Waals surface area (Å²) in [6.07, 6.45) is 2.95. The molecule has 0 saturated carbocycles. The van der Waals surface area contributed by atoms with Crippen LogP contribution in [0.2, 0.25) is 0 Å². The summed E-state index contributed by atoms with van der Waals surface area (Å²) in [5.41, 5.74) is 2.42. The van der Waals surface area contributed by atoms with E-state index >= 15 is 0 Å². The number of aromatic hydroxyl groups is 1. The molecule has 22 heavy (non-hydrogen) atoms. The van der Waals surface area contributed by atoms with Crippen molar-refractivity contribution >= 4 is 17.8 Å². The number of carbonyl (C=O) groups is 1. The van der Waals surface area contributed by atoms with Crippen molar-refractivity contribution in [2.75, 3.05) is 7.05 Å². The zero-order valence-corrected chi connectivity index (χ0v) is 12.4. The first-order valence-electron chi connectivity index (χ1n) is 6.71. The number of hydrogen-bond acceptors (Lipinski definition) is 5. The van der Waals surface area contributed by atoms with E-state index in [1.54, 1.807) is 38.2 Å². The summed E-state index contributed by atoms with van der Waals surface area (Å²) in [6.45, 7) is 1.42. The van der Waals surface area contributed by atoms with Crippen LogP contribution < -0.4 is 5.32 Å². The lowest BCUT2D eigenvalue weighted by molar-refractivity contribution is 0.0963. The standard InChI is InChI=1S/C16H17N3O3/c1-10-15(21)14(12(9-20)7-18-10)8-19-13-5-3-4-11(6-13)16(22)17-2/h3-8,20-21H,9H2,1-2H3,(H,17,22). The number of aryl methyl sites for hydroxylation is 1. The zero-order valence-electron chi connectivity index (χ0n) is 12.4. The molecule has 1 amide bonds. The van der Waals surface area contributed by atoms with E-state index < -0.39 is 0 Å². The van der Waals surface area contributed by atoms with E-state index in [0.29, 0.717) is 28.1 Å². The smallest absolute Gasteiger partial charge is 0.251 e. The molecule has 0 aliphatic rings. The van der Waals surface area contributed by atoms with E-state index in [-0.39, 0.29) is 18.3 Å². The van der Waals surface area contributed by atoms with Crippen molar-refractivity contribution in [3.63, 3.8) is 0 Å². The van der Waals surface area contributed by atoms with Gasteiger partial charge in [0.2, 0.25) is 0 Å². The van der Waals surface area contributed by atoms with Crippen LogP contribution in [0.3, 0.4) is 0 Å². The highest BCUT2D eigenvalue weighted by Gasteiger charge is 2.09. The molecule has 0 aliphatic carbocycles. The molecule has 1 aromatic heterocycles. The highest BCUT2D eigenvalue weighted by Crippen LogP contribution is 2.23. The summed E-state index contributed by atoms with van der Waals surface area (Å²) in [5, 5.41) is 21.9. The molecule has 0 atom stereocenters. The van der Waals surface area contributed by atoms with Crippen molar-refractivity contribution in [2.24, 2.45) is 4.99 Å². The average Bonchev–Trinajstić information content (AvgIpc) is 2.55. The van der Waals surface area contributed by atoms with Crippen molar-refractivity contribution in [3.8, 4) is 5.75 Å². The first kappa shape index (κ1) is 15.7. The maximum Gasteiger partial charge on any atom is 0.251 e. The second-order valence-corrected chi connectivity index (χ2v) is 4.68. The Bertz CT molecular complexity index is 727. The molecule has 0 bridgehead atoms. The van der Waals surface area contributed by atoms with E-state index in [9.17, 15) is 15.0 Å². The number of nitrogens with one attached hydrogen (secondary N) is 1. The second-order valence-electron chi connectivity index (χ2n) is 4.68. The molecule has 0 fully saturated rings. The van der Waals surface area contributed by atoms with Gasteiger partial charge >= 0.3 is 0 Å². The fraction of sp³-hybridized carbons (Fsp3) is 0.188. The molecular weight excluding hydrogens is 282 g/mol. The van der Waals surface area contributed by atoms with Crippen molar-refractivity contribution in [2.45, 2.75) is 13.5 Å². The van der Waals surface area contributed by atoms with Gasteiger partial charge in [0.15, 0.2) is 0 Å². The van der Waals surface area contributed by atoms with Crippen molar-refractivity contribution in [1.82, 2.24) is 10.3 Å². The van der Waals surface area contributed by atoms with Gasteiger partial charge in [-0.25, -0.2) is 0 Å². The van der Waals surface area contributed by atoms with E-state index in [1.807, 2.05) is 0 Å². The molecule has 0 spiro atoms. The Hall–Kier alpha value is -2.73. The van der Waals surface area contributed by atoms with Crippen molar-refractivity contribution in [1.29, 1.82) is 0 Å². The molecule has 0 unspecified atom stereocenters. The lowest BCUT2D eigenvalue weighted by Gasteiger charge is -2.07. The van der Waals surface area contributed by atoms with Crippen LogP contribution in [0.4, 0.5) is 5.69 Å². The zero-order chi connectivity index (χ0) is 16.1. The predicted molar refractivity (Wildman–Crippen MR) is 83.6 cm³/mol. The number of pyridine rings is 1. The minimum atomic E-state index is -0.250. The summed E-state index contributed by atoms with van der Waals surface area (Å²) in [5.74, 6) is -0.214. The largest absolute Gasteiger partial charge is 0.505 e. The Kier molecular flexibility index (Phi) is 4.85. The molecule has 2 rings (SSSR count). The SMILES string of the molecule is CNC(=O)c1cccc(N=Cc2c(CO)cnc(C)c2O)c1. The first-order valence-corrected chi connectivity index (χ1v) is 6.71. The second kappa shape index (κ2) is 6.82. The molecule has 1 heterocycles. The number of carbonyl (C=O) groups excluding carboxylic acids is 1. The van der Waals surface area contributed by atoms with E-state index in [0.717, 1.165) is 0 Å². The quantitative estimate of drug-likeness (QED) is 0.749. The fourth-order valence-corrected chi connectivity index (χ4v) is 1.93. The Balaban J connectivity index is 2.37. The number of aliphatic imine (C=N–C) groups is 1. The van der Waals surface area contributed by atoms with Crippen LogP contribution in [0, 0.1) is 6.92 Å². The first-order chi connectivity index (χ1) is 10.6. The van der Waals surface area contributed by atoms with Crippen LogP contribution in [-0.4, -0.2) is 34.4 Å². The third-order valence-corrected chi connectivity index (χ3v) is 3.21. The number of aliphatic hydroxyl groups is 1. The number of hydrogen-bond donors (Lipinski definition) is 3. The molecule has 6 heteroatoms. The average molecular weight is 299 g/mol. The summed E-state index contributed by atoms with van der Waals surface area (Å²) < 4.78 is 0. The number of benzene rings is 1. The number of nitrogens with zero attached hydrogens (tertiary/aromatic N) is 2. The third kappa shape index (κ3) is 3.29. The monoisotopic (exact) mass is 299 g/mol. The van der Waals surface area contributed by atoms with Crippen LogP contribution in [0.5, 0.6) is 5.75 Å². The van der Waals surface area contributed by atoms with E-state index in [2.05, 4.69) is 15.3 Å². The molecule has 0 saturated heterocycles. The van der Waals surface area contributed by atoms with Gasteiger partial charge in [0, 0.05) is 36.1 Å². The molecule has 0 aliphatic heterocycles. The van der Waals surface area contributed by atoms with Gasteiger partial charge in [-0.1, -0.05) is 6.07 Å². The van der Waals surface area contributed by atoms with E-state index in [1.165, 1.54) is 12.4 Å². The van der Waals surface area contributed by atoms with Gasteiger partial charge < -0.3 is 15.5 Å². The molecule has 6 nitrogen and oxygen atoms in total. The Morgan fingerprint density at radius 2 is 2.23 bits per heavy atom. The van der Waals surface area contributed by atoms with Crippen LogP contribution in [-0.2, 0) is 6.61 Å². The van der Waals surface area contributed by atoms with Crippen LogP contribution >= 0.6 is 0 Å². The Morgan fingerprint density at radius 3 is 2.91 bits per heavy atom. The highest BCUT2D eigenvalue weighted by molar-refractivity contribution is 5.95. The maximum absolute atomic E-state index is 11.6. The summed E-state index contributed by atoms with van der Waals surface area (Å²) in [4.78, 5) is 19.8. The lowest BCUT2D eigenvalue weighted by atomic mass is 10.1. The topological polar surface area (TPSA) is 94.8 Å². The van der Waals surface area contributed by atoms with Gasteiger partial charge in [-0.3, -0.25) is 14.8 Å². The number of amides is 1. The summed E-state index contributed by atoms with van der Waals surface area (Å²) in [6, 6.07) is 6.79. The Labute approximate surface area is 128 Å². The minimum Gasteiger partial charge on any atom is -0.505 e.